The van der Waals surface area contributed by atoms with Gasteiger partial charge in [0.05, 0.1) is 5.69 Å². The molecule has 132 valence electrons. The smallest absolute Gasteiger partial charge is 0.331 e. The van der Waals surface area contributed by atoms with Crippen LogP contribution in [0.3, 0.4) is 0 Å². The van der Waals surface area contributed by atoms with E-state index in [2.05, 4.69) is 17.3 Å². The van der Waals surface area contributed by atoms with E-state index in [4.69, 9.17) is 16.3 Å². The predicted octanol–water partition coefficient (Wildman–Crippen LogP) is 2.87. The van der Waals surface area contributed by atoms with Gasteiger partial charge in [-0.3, -0.25) is 9.48 Å². The summed E-state index contributed by atoms with van der Waals surface area (Å²) < 4.78 is 6.84. The molecule has 0 aliphatic heterocycles. The van der Waals surface area contributed by atoms with Gasteiger partial charge in [0.25, 0.3) is 5.91 Å². The van der Waals surface area contributed by atoms with Crippen molar-refractivity contribution in [1.29, 1.82) is 0 Å². The average molecular weight is 354 g/mol. The Morgan fingerprint density at radius 1 is 1.50 bits per heavy atom. The summed E-state index contributed by atoms with van der Waals surface area (Å²) in [6, 6.07) is 0.240. The van der Waals surface area contributed by atoms with E-state index in [-0.39, 0.29) is 11.9 Å². The molecule has 0 radical (unpaired) electrons. The second-order valence-electron chi connectivity index (χ2n) is 6.06. The quantitative estimate of drug-likeness (QED) is 0.576. The largest absolute Gasteiger partial charge is 0.449 e. The number of esters is 1. The molecule has 2 rings (SSSR count). The number of amides is 1. The van der Waals surface area contributed by atoms with Crippen LogP contribution in [0.15, 0.2) is 6.08 Å². The zero-order valence-electron chi connectivity index (χ0n) is 14.3. The third-order valence-corrected chi connectivity index (χ3v) is 4.20. The first-order valence-electron chi connectivity index (χ1n) is 8.34. The van der Waals surface area contributed by atoms with Crippen molar-refractivity contribution in [3.8, 4) is 0 Å². The molecule has 1 atom stereocenters. The monoisotopic (exact) mass is 353 g/mol. The van der Waals surface area contributed by atoms with Crippen molar-refractivity contribution < 1.29 is 14.3 Å². The molecule has 1 N–H and O–H groups in total. The van der Waals surface area contributed by atoms with Crippen molar-refractivity contribution in [2.45, 2.75) is 65.1 Å². The fourth-order valence-electron chi connectivity index (χ4n) is 2.18. The van der Waals surface area contributed by atoms with Crippen LogP contribution >= 0.6 is 11.6 Å². The van der Waals surface area contributed by atoms with Gasteiger partial charge < -0.3 is 10.1 Å². The van der Waals surface area contributed by atoms with E-state index in [9.17, 15) is 9.59 Å². The van der Waals surface area contributed by atoms with Gasteiger partial charge in [0.2, 0.25) is 0 Å². The van der Waals surface area contributed by atoms with Crippen LogP contribution in [0.25, 0.3) is 6.08 Å². The normalized spacial score (nSPS) is 15.5. The molecule has 24 heavy (non-hydrogen) atoms. The highest BCUT2D eigenvalue weighted by Crippen LogP contribution is 2.22. The maximum atomic E-state index is 11.9. The van der Waals surface area contributed by atoms with Gasteiger partial charge >= 0.3 is 5.97 Å². The summed E-state index contributed by atoms with van der Waals surface area (Å²) in [5.41, 5.74) is 1.44. The van der Waals surface area contributed by atoms with Gasteiger partial charge in [-0.15, -0.1) is 0 Å². The maximum absolute atomic E-state index is 11.9. The molecule has 0 aromatic carbocycles. The van der Waals surface area contributed by atoms with Crippen LogP contribution in [-0.4, -0.2) is 33.8 Å². The van der Waals surface area contributed by atoms with Crippen LogP contribution in [0.2, 0.25) is 5.15 Å². The van der Waals surface area contributed by atoms with Crippen LogP contribution in [0.1, 0.15) is 50.8 Å². The third-order valence-electron chi connectivity index (χ3n) is 3.80. The third kappa shape index (κ3) is 5.09. The van der Waals surface area contributed by atoms with Gasteiger partial charge in [-0.1, -0.05) is 24.9 Å². The van der Waals surface area contributed by atoms with Crippen LogP contribution in [0.4, 0.5) is 0 Å². The highest BCUT2D eigenvalue weighted by atomic mass is 35.5. The summed E-state index contributed by atoms with van der Waals surface area (Å²) >= 11 is 6.30. The summed E-state index contributed by atoms with van der Waals surface area (Å²) in [5, 5.41) is 7.68. The van der Waals surface area contributed by atoms with Crippen molar-refractivity contribution in [3.63, 3.8) is 0 Å². The number of hydrogen-bond donors (Lipinski definition) is 1. The van der Waals surface area contributed by atoms with Crippen LogP contribution < -0.4 is 5.32 Å². The highest BCUT2D eigenvalue weighted by molar-refractivity contribution is 6.31. The summed E-state index contributed by atoms with van der Waals surface area (Å²) in [6.45, 7) is 6.24. The molecular weight excluding hydrogens is 330 g/mol. The zero-order valence-corrected chi connectivity index (χ0v) is 15.1. The number of ether oxygens (including phenoxy) is 1. The average Bonchev–Trinajstić information content (AvgIpc) is 3.30. The van der Waals surface area contributed by atoms with Crippen LogP contribution in [0, 0.1) is 6.92 Å². The number of halogens is 1. The maximum Gasteiger partial charge on any atom is 0.331 e. The minimum Gasteiger partial charge on any atom is -0.449 e. The summed E-state index contributed by atoms with van der Waals surface area (Å²) in [4.78, 5) is 23.6. The van der Waals surface area contributed by atoms with Gasteiger partial charge in [-0.2, -0.15) is 5.10 Å². The van der Waals surface area contributed by atoms with E-state index in [0.717, 1.165) is 37.9 Å². The number of nitrogens with one attached hydrogen (secondary N) is 1. The molecule has 1 aromatic rings. The van der Waals surface area contributed by atoms with Gasteiger partial charge in [0.1, 0.15) is 5.15 Å². The first-order valence-corrected chi connectivity index (χ1v) is 8.72. The van der Waals surface area contributed by atoms with E-state index in [0.29, 0.717) is 10.7 Å². The fraction of sp³-hybridized carbons (Fsp3) is 0.588. The van der Waals surface area contributed by atoms with Crippen molar-refractivity contribution in [2.75, 3.05) is 0 Å². The number of aryl methyl sites for hydroxylation is 2. The Morgan fingerprint density at radius 2 is 2.21 bits per heavy atom. The summed E-state index contributed by atoms with van der Waals surface area (Å²) in [7, 11) is 0. The molecule has 1 aromatic heterocycles. The molecule has 0 unspecified atom stereocenters. The molecule has 6 nitrogen and oxygen atoms in total. The fourth-order valence-corrected chi connectivity index (χ4v) is 2.50. The van der Waals surface area contributed by atoms with Crippen molar-refractivity contribution in [2.24, 2.45) is 0 Å². The number of rotatable bonds is 8. The minimum absolute atomic E-state index is 0.240. The van der Waals surface area contributed by atoms with E-state index >= 15 is 0 Å². The molecule has 1 heterocycles. The van der Waals surface area contributed by atoms with Crippen molar-refractivity contribution >= 4 is 29.6 Å². The second kappa shape index (κ2) is 8.33. The number of hydrogen-bond acceptors (Lipinski definition) is 4. The van der Waals surface area contributed by atoms with Gasteiger partial charge in [-0.25, -0.2) is 4.79 Å². The first-order chi connectivity index (χ1) is 11.4. The highest BCUT2D eigenvalue weighted by Gasteiger charge is 2.26. The molecule has 1 aliphatic rings. The Kier molecular flexibility index (Phi) is 6.43. The van der Waals surface area contributed by atoms with E-state index in [1.807, 2.05) is 6.92 Å². The molecule has 0 bridgehead atoms. The number of nitrogens with zero attached hydrogens (tertiary/aromatic N) is 2. The first kappa shape index (κ1) is 18.5. The van der Waals surface area contributed by atoms with Gasteiger partial charge in [-0.05, 0) is 39.2 Å². The standard InChI is InChI=1S/C17H24ClN3O3/c1-4-5-10-21-16(18)14(11(2)20-21)8-9-15(22)24-12(3)17(23)19-13-6-7-13/h8-9,12-13H,4-7,10H2,1-3H3,(H,19,23)/b9-8+/t12-/m1/s1. The van der Waals surface area contributed by atoms with Crippen LogP contribution in [-0.2, 0) is 20.9 Å². The Labute approximate surface area is 147 Å². The number of unbranched alkanes of at least 4 members (excludes halogenated alkanes) is 1. The topological polar surface area (TPSA) is 73.2 Å². The Hall–Kier alpha value is -1.82. The van der Waals surface area contributed by atoms with Crippen molar-refractivity contribution in [1.82, 2.24) is 15.1 Å². The summed E-state index contributed by atoms with van der Waals surface area (Å²) in [6.07, 6.45) is 6.07. The molecule has 1 aliphatic carbocycles. The number of carbonyl (C=O) groups excluding carboxylic acids is 2. The molecule has 1 amide bonds. The van der Waals surface area contributed by atoms with Gasteiger partial charge in [0.15, 0.2) is 6.10 Å². The van der Waals surface area contributed by atoms with Gasteiger partial charge in [0, 0.05) is 24.2 Å². The molecule has 0 saturated heterocycles. The van der Waals surface area contributed by atoms with E-state index in [1.54, 1.807) is 17.7 Å². The zero-order chi connectivity index (χ0) is 17.7. The Bertz CT molecular complexity index is 635. The number of aromatic nitrogens is 2. The summed E-state index contributed by atoms with van der Waals surface area (Å²) in [5.74, 6) is -0.842. The lowest BCUT2D eigenvalue weighted by Crippen LogP contribution is -2.36. The van der Waals surface area contributed by atoms with Crippen molar-refractivity contribution in [3.05, 3.63) is 22.5 Å². The van der Waals surface area contributed by atoms with E-state index < -0.39 is 12.1 Å². The second-order valence-corrected chi connectivity index (χ2v) is 6.42. The minimum atomic E-state index is -0.813. The molecule has 7 heteroatoms. The lowest BCUT2D eigenvalue weighted by atomic mass is 10.2. The predicted molar refractivity (Wildman–Crippen MR) is 92.6 cm³/mol. The molecular formula is C17H24ClN3O3. The Morgan fingerprint density at radius 3 is 2.83 bits per heavy atom. The lowest BCUT2D eigenvalue weighted by Gasteiger charge is -2.11. The lowest BCUT2D eigenvalue weighted by molar-refractivity contribution is -0.150. The van der Waals surface area contributed by atoms with Crippen LogP contribution in [0.5, 0.6) is 0 Å². The number of carbonyl (C=O) groups is 2. The van der Waals surface area contributed by atoms with E-state index in [1.165, 1.54) is 6.08 Å². The molecule has 0 spiro atoms. The molecule has 1 fully saturated rings. The Balaban J connectivity index is 1.93. The molecule has 1 saturated carbocycles. The SMILES string of the molecule is CCCCn1nc(C)c(/C=C/C(=O)O[C@H](C)C(=O)NC2CC2)c1Cl.